The number of hydrogen-bond acceptors (Lipinski definition) is 2. The van der Waals surface area contributed by atoms with Crippen molar-refractivity contribution in [3.8, 4) is 0 Å². The minimum Gasteiger partial charge on any atom is -0.210 e. The van der Waals surface area contributed by atoms with Crippen LogP contribution in [0.2, 0.25) is 0 Å². The molecule has 0 unspecified atom stereocenters. The molecule has 0 amide bonds. The molecule has 0 radical (unpaired) electrons. The fourth-order valence-corrected chi connectivity index (χ4v) is 1.77. The van der Waals surface area contributed by atoms with E-state index in [9.17, 15) is 4.39 Å². The molecule has 0 aromatic carbocycles. The van der Waals surface area contributed by atoms with Gasteiger partial charge in [0.15, 0.2) is 0 Å². The molecule has 0 aliphatic heterocycles. The third-order valence-electron chi connectivity index (χ3n) is 2.33. The lowest BCUT2D eigenvalue weighted by molar-refractivity contribution is 0.481. The first-order valence-corrected chi connectivity index (χ1v) is 4.95. The van der Waals surface area contributed by atoms with Gasteiger partial charge in [-0.3, -0.25) is 0 Å². The molecule has 0 spiro atoms. The van der Waals surface area contributed by atoms with Gasteiger partial charge < -0.3 is 0 Å². The molecule has 0 aliphatic carbocycles. The third-order valence-corrected chi connectivity index (χ3v) is 2.93. The Hall–Kier alpha value is -0.510. The van der Waals surface area contributed by atoms with E-state index in [0.29, 0.717) is 4.60 Å². The highest BCUT2D eigenvalue weighted by Gasteiger charge is 2.22. The lowest BCUT2D eigenvalue weighted by Crippen LogP contribution is -2.17. The highest BCUT2D eigenvalue weighted by Crippen LogP contribution is 2.30. The third kappa shape index (κ3) is 2.24. The van der Waals surface area contributed by atoms with Gasteiger partial charge in [0, 0.05) is 11.8 Å². The molecule has 72 valence electrons. The summed E-state index contributed by atoms with van der Waals surface area (Å²) >= 11 is 3.23. The van der Waals surface area contributed by atoms with E-state index in [1.165, 1.54) is 6.20 Å². The second kappa shape index (κ2) is 3.70. The van der Waals surface area contributed by atoms with Crippen molar-refractivity contribution in [1.82, 2.24) is 9.97 Å². The Kier molecular flexibility index (Phi) is 3.01. The van der Waals surface area contributed by atoms with Gasteiger partial charge in [-0.1, -0.05) is 20.8 Å². The Morgan fingerprint density at radius 3 is 2.62 bits per heavy atom. The van der Waals surface area contributed by atoms with Crippen LogP contribution in [0.5, 0.6) is 0 Å². The first kappa shape index (κ1) is 10.6. The molecule has 0 N–H and O–H groups in total. The Balaban J connectivity index is 3.16. The van der Waals surface area contributed by atoms with Crippen LogP contribution in [0.15, 0.2) is 10.8 Å². The molecule has 1 rings (SSSR count). The zero-order valence-electron chi connectivity index (χ0n) is 7.93. The summed E-state index contributed by atoms with van der Waals surface area (Å²) in [6.45, 7) is 6.23. The Bertz CT molecular complexity index is 312. The van der Waals surface area contributed by atoms with Gasteiger partial charge in [0.2, 0.25) is 0 Å². The maximum absolute atomic E-state index is 12.6. The van der Waals surface area contributed by atoms with Crippen molar-refractivity contribution in [2.24, 2.45) is 0 Å². The lowest BCUT2D eigenvalue weighted by atomic mass is 9.84. The van der Waals surface area contributed by atoms with Crippen LogP contribution >= 0.6 is 15.9 Å². The zero-order chi connectivity index (χ0) is 10.1. The van der Waals surface area contributed by atoms with Gasteiger partial charge >= 0.3 is 6.08 Å². The molecule has 0 fully saturated rings. The molecule has 13 heavy (non-hydrogen) atoms. The van der Waals surface area contributed by atoms with Gasteiger partial charge in [-0.2, -0.15) is 9.37 Å². The van der Waals surface area contributed by atoms with Crippen LogP contribution in [0, 0.1) is 6.08 Å². The van der Waals surface area contributed by atoms with Crippen molar-refractivity contribution in [3.63, 3.8) is 0 Å². The van der Waals surface area contributed by atoms with Crippen LogP contribution in [-0.4, -0.2) is 9.97 Å². The SMILES string of the molecule is CCC(C)(C)c1cnc(F)nc1Br. The van der Waals surface area contributed by atoms with Gasteiger partial charge in [-0.15, -0.1) is 0 Å². The van der Waals surface area contributed by atoms with Crippen LogP contribution in [0.25, 0.3) is 0 Å². The summed E-state index contributed by atoms with van der Waals surface area (Å²) in [5.74, 6) is 0. The van der Waals surface area contributed by atoms with Gasteiger partial charge in [-0.05, 0) is 27.8 Å². The molecule has 0 atom stereocenters. The standard InChI is InChI=1S/C9H12BrFN2/c1-4-9(2,3)6-5-12-8(11)13-7(6)10/h5H,4H2,1-3H3. The van der Waals surface area contributed by atoms with E-state index in [2.05, 4.69) is 46.7 Å². The average molecular weight is 247 g/mol. The topological polar surface area (TPSA) is 25.8 Å². The molecule has 4 heteroatoms. The quantitative estimate of drug-likeness (QED) is 0.592. The maximum Gasteiger partial charge on any atom is 0.309 e. The summed E-state index contributed by atoms with van der Waals surface area (Å²) in [5.41, 5.74) is 0.920. The number of aromatic nitrogens is 2. The summed E-state index contributed by atoms with van der Waals surface area (Å²) in [4.78, 5) is 7.17. The Morgan fingerprint density at radius 1 is 1.54 bits per heavy atom. The second-order valence-corrected chi connectivity index (χ2v) is 4.33. The number of hydrogen-bond donors (Lipinski definition) is 0. The summed E-state index contributed by atoms with van der Waals surface area (Å²) < 4.78 is 13.1. The highest BCUT2D eigenvalue weighted by atomic mass is 79.9. The smallest absolute Gasteiger partial charge is 0.210 e. The van der Waals surface area contributed by atoms with Crippen molar-refractivity contribution in [2.75, 3.05) is 0 Å². The summed E-state index contributed by atoms with van der Waals surface area (Å²) in [5, 5.41) is 0. The van der Waals surface area contributed by atoms with E-state index in [1.807, 2.05) is 0 Å². The fraction of sp³-hybridized carbons (Fsp3) is 0.556. The molecule has 1 aromatic heterocycles. The summed E-state index contributed by atoms with van der Waals surface area (Å²) in [7, 11) is 0. The minimum atomic E-state index is -0.692. The zero-order valence-corrected chi connectivity index (χ0v) is 9.52. The first-order valence-electron chi connectivity index (χ1n) is 4.16. The van der Waals surface area contributed by atoms with Gasteiger partial charge in [-0.25, -0.2) is 4.98 Å². The molecule has 1 heterocycles. The predicted molar refractivity (Wildman–Crippen MR) is 53.0 cm³/mol. The number of rotatable bonds is 2. The second-order valence-electron chi connectivity index (χ2n) is 3.58. The van der Waals surface area contributed by atoms with E-state index in [-0.39, 0.29) is 5.41 Å². The van der Waals surface area contributed by atoms with Crippen molar-refractivity contribution in [3.05, 3.63) is 22.4 Å². The van der Waals surface area contributed by atoms with E-state index >= 15 is 0 Å². The van der Waals surface area contributed by atoms with E-state index < -0.39 is 6.08 Å². The molecule has 2 nitrogen and oxygen atoms in total. The van der Waals surface area contributed by atoms with Crippen LogP contribution in [0.1, 0.15) is 32.8 Å². The van der Waals surface area contributed by atoms with Crippen molar-refractivity contribution in [2.45, 2.75) is 32.6 Å². The van der Waals surface area contributed by atoms with Crippen molar-refractivity contribution in [1.29, 1.82) is 0 Å². The summed E-state index contributed by atoms with van der Waals surface area (Å²) in [6, 6.07) is 0. The molecule has 0 saturated carbocycles. The van der Waals surface area contributed by atoms with E-state index in [4.69, 9.17) is 0 Å². The first-order chi connectivity index (χ1) is 5.97. The van der Waals surface area contributed by atoms with Crippen molar-refractivity contribution < 1.29 is 4.39 Å². The predicted octanol–water partition coefficient (Wildman–Crippen LogP) is 3.07. The molecular formula is C9H12BrFN2. The van der Waals surface area contributed by atoms with Crippen LogP contribution in [-0.2, 0) is 5.41 Å². The Labute approximate surface area is 85.7 Å². The average Bonchev–Trinajstić information content (AvgIpc) is 2.03. The highest BCUT2D eigenvalue weighted by molar-refractivity contribution is 9.10. The lowest BCUT2D eigenvalue weighted by Gasteiger charge is -2.23. The van der Waals surface area contributed by atoms with E-state index in [1.54, 1.807) is 0 Å². The maximum atomic E-state index is 12.6. The van der Waals surface area contributed by atoms with Crippen LogP contribution < -0.4 is 0 Å². The van der Waals surface area contributed by atoms with E-state index in [0.717, 1.165) is 12.0 Å². The number of nitrogens with zero attached hydrogens (tertiary/aromatic N) is 2. The van der Waals surface area contributed by atoms with Crippen LogP contribution in [0.4, 0.5) is 4.39 Å². The number of halogens is 2. The molecule has 0 saturated heterocycles. The van der Waals surface area contributed by atoms with Crippen molar-refractivity contribution >= 4 is 15.9 Å². The van der Waals surface area contributed by atoms with Gasteiger partial charge in [0.1, 0.15) is 4.60 Å². The molecule has 0 bridgehead atoms. The van der Waals surface area contributed by atoms with Crippen LogP contribution in [0.3, 0.4) is 0 Å². The van der Waals surface area contributed by atoms with Gasteiger partial charge in [0.05, 0.1) is 0 Å². The molecule has 1 aromatic rings. The molecular weight excluding hydrogens is 235 g/mol. The summed E-state index contributed by atoms with van der Waals surface area (Å²) in [6.07, 6.45) is 1.80. The van der Waals surface area contributed by atoms with Gasteiger partial charge in [0.25, 0.3) is 0 Å². The normalized spacial score (nSPS) is 11.8. The fourth-order valence-electron chi connectivity index (χ4n) is 0.986. The monoisotopic (exact) mass is 246 g/mol. The minimum absolute atomic E-state index is 0.0213. The Morgan fingerprint density at radius 2 is 2.15 bits per heavy atom. The molecule has 0 aliphatic rings. The largest absolute Gasteiger partial charge is 0.309 e.